The molecule has 0 aliphatic heterocycles. The second-order valence-corrected chi connectivity index (χ2v) is 3.18. The van der Waals surface area contributed by atoms with Crippen molar-refractivity contribution in [2.24, 2.45) is 0 Å². The van der Waals surface area contributed by atoms with Crippen molar-refractivity contribution in [3.05, 3.63) is 0 Å². The third-order valence-corrected chi connectivity index (χ3v) is 1.79. The summed E-state index contributed by atoms with van der Waals surface area (Å²) in [7, 11) is 1.61. The van der Waals surface area contributed by atoms with Gasteiger partial charge in [0.25, 0.3) is 0 Å². The first-order chi connectivity index (χ1) is 5.63. The fraction of sp³-hybridized carbons (Fsp3) is 0.875. The quantitative estimate of drug-likeness (QED) is 0.613. The number of amides is 1. The topological polar surface area (TPSA) is 29.5 Å². The van der Waals surface area contributed by atoms with Crippen LogP contribution in [0.5, 0.6) is 0 Å². The lowest BCUT2D eigenvalue weighted by Crippen LogP contribution is -2.37. The minimum Gasteiger partial charge on any atom is -0.383 e. The molecule has 1 atom stereocenters. The minimum atomic E-state index is -0.443. The van der Waals surface area contributed by atoms with Gasteiger partial charge >= 0.3 is 0 Å². The van der Waals surface area contributed by atoms with Crippen LogP contribution < -0.4 is 0 Å². The van der Waals surface area contributed by atoms with Gasteiger partial charge in [0.15, 0.2) is 0 Å². The molecule has 3 nitrogen and oxygen atoms in total. The van der Waals surface area contributed by atoms with Gasteiger partial charge in [-0.25, -0.2) is 0 Å². The monoisotopic (exact) mass is 193 g/mol. The Kier molecular flexibility index (Phi) is 6.11. The minimum absolute atomic E-state index is 0.0313. The van der Waals surface area contributed by atoms with Crippen LogP contribution in [0.4, 0.5) is 0 Å². The van der Waals surface area contributed by atoms with E-state index in [4.69, 9.17) is 16.3 Å². The third kappa shape index (κ3) is 3.93. The summed E-state index contributed by atoms with van der Waals surface area (Å²) in [5.41, 5.74) is 0. The van der Waals surface area contributed by atoms with Crippen molar-refractivity contribution in [2.45, 2.75) is 19.2 Å². The van der Waals surface area contributed by atoms with Crippen LogP contribution >= 0.6 is 11.6 Å². The molecular weight excluding hydrogens is 178 g/mol. The lowest BCUT2D eigenvalue weighted by Gasteiger charge is -2.21. The molecule has 0 aromatic heterocycles. The van der Waals surface area contributed by atoms with Gasteiger partial charge in [-0.05, 0) is 13.8 Å². The number of hydrogen-bond acceptors (Lipinski definition) is 2. The lowest BCUT2D eigenvalue weighted by atomic mass is 10.4. The molecule has 1 unspecified atom stereocenters. The number of nitrogens with zero attached hydrogens (tertiary/aromatic N) is 1. The average Bonchev–Trinajstić information content (AvgIpc) is 2.05. The Labute approximate surface area is 78.6 Å². The van der Waals surface area contributed by atoms with E-state index in [-0.39, 0.29) is 5.91 Å². The summed E-state index contributed by atoms with van der Waals surface area (Å²) in [6.45, 7) is 5.46. The molecule has 0 aliphatic rings. The summed E-state index contributed by atoms with van der Waals surface area (Å²) in [5.74, 6) is -0.0313. The van der Waals surface area contributed by atoms with E-state index in [9.17, 15) is 4.79 Å². The van der Waals surface area contributed by atoms with E-state index in [2.05, 4.69) is 0 Å². The van der Waals surface area contributed by atoms with Gasteiger partial charge in [-0.1, -0.05) is 0 Å². The van der Waals surface area contributed by atoms with Gasteiger partial charge < -0.3 is 9.64 Å². The fourth-order valence-corrected chi connectivity index (χ4v) is 1.02. The number of carbonyl (C=O) groups is 1. The van der Waals surface area contributed by atoms with E-state index in [1.807, 2.05) is 6.92 Å². The molecule has 0 fully saturated rings. The summed E-state index contributed by atoms with van der Waals surface area (Å²) < 4.78 is 4.87. The van der Waals surface area contributed by atoms with Gasteiger partial charge in [0.2, 0.25) is 5.91 Å². The highest BCUT2D eigenvalue weighted by Gasteiger charge is 2.15. The largest absolute Gasteiger partial charge is 0.383 e. The van der Waals surface area contributed by atoms with E-state index in [1.54, 1.807) is 18.9 Å². The SMILES string of the molecule is CCN(CCOC)C(=O)C(C)Cl. The zero-order valence-electron chi connectivity index (χ0n) is 7.84. The summed E-state index contributed by atoms with van der Waals surface area (Å²) in [4.78, 5) is 13.0. The molecule has 1 amide bonds. The van der Waals surface area contributed by atoms with E-state index in [1.165, 1.54) is 0 Å². The molecule has 0 saturated heterocycles. The third-order valence-electron chi connectivity index (χ3n) is 1.60. The second kappa shape index (κ2) is 6.26. The standard InChI is InChI=1S/C8H16ClNO2/c1-4-10(5-6-12-3)8(11)7(2)9/h7H,4-6H2,1-3H3. The van der Waals surface area contributed by atoms with Gasteiger partial charge in [0, 0.05) is 20.2 Å². The molecule has 0 bridgehead atoms. The van der Waals surface area contributed by atoms with Crippen LogP contribution in [0.2, 0.25) is 0 Å². The highest BCUT2D eigenvalue weighted by Crippen LogP contribution is 2.00. The summed E-state index contributed by atoms with van der Waals surface area (Å²) in [5, 5.41) is -0.443. The predicted octanol–water partition coefficient (Wildman–Crippen LogP) is 1.11. The molecule has 0 N–H and O–H groups in total. The molecule has 12 heavy (non-hydrogen) atoms. The van der Waals surface area contributed by atoms with Crippen LogP contribution in [0, 0.1) is 0 Å². The molecule has 0 saturated carbocycles. The molecular formula is C8H16ClNO2. The summed E-state index contributed by atoms with van der Waals surface area (Å²) >= 11 is 5.65. The highest BCUT2D eigenvalue weighted by molar-refractivity contribution is 6.30. The van der Waals surface area contributed by atoms with Gasteiger partial charge in [-0.2, -0.15) is 0 Å². The Bertz CT molecular complexity index is 139. The maximum Gasteiger partial charge on any atom is 0.240 e. The smallest absolute Gasteiger partial charge is 0.240 e. The van der Waals surface area contributed by atoms with E-state index in [0.29, 0.717) is 19.7 Å². The number of alkyl halides is 1. The first kappa shape index (κ1) is 11.7. The van der Waals surface area contributed by atoms with Crippen molar-refractivity contribution in [3.63, 3.8) is 0 Å². The van der Waals surface area contributed by atoms with E-state index < -0.39 is 5.38 Å². The maximum absolute atomic E-state index is 11.3. The van der Waals surface area contributed by atoms with Crippen molar-refractivity contribution < 1.29 is 9.53 Å². The number of carbonyl (C=O) groups excluding carboxylic acids is 1. The molecule has 0 aliphatic carbocycles. The lowest BCUT2D eigenvalue weighted by molar-refractivity contribution is -0.130. The molecule has 0 aromatic rings. The normalized spacial score (nSPS) is 12.7. The van der Waals surface area contributed by atoms with E-state index in [0.717, 1.165) is 0 Å². The molecule has 4 heteroatoms. The van der Waals surface area contributed by atoms with Crippen LogP contribution in [0.15, 0.2) is 0 Å². The van der Waals surface area contributed by atoms with Crippen LogP contribution in [-0.4, -0.2) is 43.0 Å². The number of halogens is 1. The maximum atomic E-state index is 11.3. The number of hydrogen-bond donors (Lipinski definition) is 0. The number of likely N-dealkylation sites (N-methyl/N-ethyl adjacent to an activating group) is 1. The average molecular weight is 194 g/mol. The predicted molar refractivity (Wildman–Crippen MR) is 49.4 cm³/mol. The zero-order chi connectivity index (χ0) is 9.56. The zero-order valence-corrected chi connectivity index (χ0v) is 8.60. The van der Waals surface area contributed by atoms with Crippen molar-refractivity contribution in [1.29, 1.82) is 0 Å². The van der Waals surface area contributed by atoms with Crippen LogP contribution in [0.3, 0.4) is 0 Å². The van der Waals surface area contributed by atoms with E-state index >= 15 is 0 Å². The Balaban J connectivity index is 3.88. The van der Waals surface area contributed by atoms with Gasteiger partial charge in [-0.15, -0.1) is 11.6 Å². The Morgan fingerprint density at radius 2 is 2.25 bits per heavy atom. The molecule has 0 heterocycles. The molecule has 0 spiro atoms. The summed E-state index contributed by atoms with van der Waals surface area (Å²) in [6, 6.07) is 0. The van der Waals surface area contributed by atoms with Gasteiger partial charge in [-0.3, -0.25) is 4.79 Å². The summed E-state index contributed by atoms with van der Waals surface area (Å²) in [6.07, 6.45) is 0. The highest BCUT2D eigenvalue weighted by atomic mass is 35.5. The Morgan fingerprint density at radius 1 is 1.67 bits per heavy atom. The van der Waals surface area contributed by atoms with Crippen molar-refractivity contribution in [3.8, 4) is 0 Å². The molecule has 0 radical (unpaired) electrons. The van der Waals surface area contributed by atoms with Crippen LogP contribution in [-0.2, 0) is 9.53 Å². The molecule has 72 valence electrons. The number of methoxy groups -OCH3 is 1. The second-order valence-electron chi connectivity index (χ2n) is 2.53. The number of ether oxygens (including phenoxy) is 1. The van der Waals surface area contributed by atoms with Crippen molar-refractivity contribution in [2.75, 3.05) is 26.8 Å². The van der Waals surface area contributed by atoms with Gasteiger partial charge in [0.1, 0.15) is 5.38 Å². The van der Waals surface area contributed by atoms with Crippen LogP contribution in [0.1, 0.15) is 13.8 Å². The Morgan fingerprint density at radius 3 is 2.58 bits per heavy atom. The van der Waals surface area contributed by atoms with Crippen LogP contribution in [0.25, 0.3) is 0 Å². The molecule has 0 aromatic carbocycles. The first-order valence-electron chi connectivity index (χ1n) is 4.05. The van der Waals surface area contributed by atoms with Crippen molar-refractivity contribution >= 4 is 17.5 Å². The Hall–Kier alpha value is -0.280. The fourth-order valence-electron chi connectivity index (χ4n) is 0.877. The van der Waals surface area contributed by atoms with Crippen molar-refractivity contribution in [1.82, 2.24) is 4.90 Å². The van der Waals surface area contributed by atoms with Gasteiger partial charge in [0.05, 0.1) is 6.61 Å². The molecule has 0 rings (SSSR count). The number of rotatable bonds is 5. The first-order valence-corrected chi connectivity index (χ1v) is 4.48.